The molecule has 9 heavy (non-hydrogen) atoms. The zero-order valence-electron chi connectivity index (χ0n) is 5.22. The van der Waals surface area contributed by atoms with Gasteiger partial charge in [-0.1, -0.05) is 0 Å². The third-order valence-electron chi connectivity index (χ3n) is 1.39. The Bertz CT molecular complexity index is 109. The van der Waals surface area contributed by atoms with Crippen molar-refractivity contribution in [1.29, 1.82) is 5.41 Å². The third-order valence-corrected chi connectivity index (χ3v) is 1.39. The SMILES string of the molecule is N=C(CO)N1CCNC1. The van der Waals surface area contributed by atoms with Gasteiger partial charge in [-0.3, -0.25) is 10.7 Å². The van der Waals surface area contributed by atoms with Gasteiger partial charge in [0.15, 0.2) is 0 Å². The molecule has 0 aromatic rings. The average molecular weight is 129 g/mol. The minimum absolute atomic E-state index is 0.151. The second-order valence-corrected chi connectivity index (χ2v) is 2.03. The Morgan fingerprint density at radius 3 is 3.00 bits per heavy atom. The highest BCUT2D eigenvalue weighted by atomic mass is 16.3. The van der Waals surface area contributed by atoms with Crippen LogP contribution in [0.5, 0.6) is 0 Å². The molecule has 3 N–H and O–H groups in total. The van der Waals surface area contributed by atoms with Crippen molar-refractivity contribution in [2.75, 3.05) is 26.4 Å². The third kappa shape index (κ3) is 1.40. The highest BCUT2D eigenvalue weighted by Crippen LogP contribution is 1.91. The summed E-state index contributed by atoms with van der Waals surface area (Å²) in [5.74, 6) is 0.306. The standard InChI is InChI=1S/C5H11N3O/c6-5(3-9)8-2-1-7-4-8/h6-7,9H,1-4H2. The summed E-state index contributed by atoms with van der Waals surface area (Å²) in [6.45, 7) is 2.32. The fourth-order valence-electron chi connectivity index (χ4n) is 0.837. The van der Waals surface area contributed by atoms with E-state index in [0.29, 0.717) is 12.5 Å². The first-order chi connectivity index (χ1) is 4.34. The number of rotatable bonds is 1. The summed E-state index contributed by atoms with van der Waals surface area (Å²) >= 11 is 0. The molecule has 4 nitrogen and oxygen atoms in total. The molecule has 0 aromatic carbocycles. The van der Waals surface area contributed by atoms with Crippen LogP contribution in [0.1, 0.15) is 0 Å². The van der Waals surface area contributed by atoms with Gasteiger partial charge in [-0.2, -0.15) is 0 Å². The van der Waals surface area contributed by atoms with E-state index in [9.17, 15) is 0 Å². The lowest BCUT2D eigenvalue weighted by molar-refractivity contribution is 0.330. The topological polar surface area (TPSA) is 59.4 Å². The van der Waals surface area contributed by atoms with Gasteiger partial charge in [-0.15, -0.1) is 0 Å². The molecule has 0 amide bonds. The number of nitrogens with zero attached hydrogens (tertiary/aromatic N) is 1. The predicted molar refractivity (Wildman–Crippen MR) is 34.4 cm³/mol. The molecule has 52 valence electrons. The quantitative estimate of drug-likeness (QED) is 0.308. The van der Waals surface area contributed by atoms with Gasteiger partial charge < -0.3 is 10.0 Å². The van der Waals surface area contributed by atoms with Gasteiger partial charge >= 0.3 is 0 Å². The fourth-order valence-corrected chi connectivity index (χ4v) is 0.837. The predicted octanol–water partition coefficient (Wildman–Crippen LogP) is -1.18. The summed E-state index contributed by atoms with van der Waals surface area (Å²) in [6.07, 6.45) is 0. The highest BCUT2D eigenvalue weighted by Gasteiger charge is 2.12. The van der Waals surface area contributed by atoms with Gasteiger partial charge in [0.05, 0.1) is 6.67 Å². The maximum absolute atomic E-state index is 8.50. The molecule has 4 heteroatoms. The van der Waals surface area contributed by atoms with Crippen LogP contribution >= 0.6 is 0 Å². The largest absolute Gasteiger partial charge is 0.388 e. The van der Waals surface area contributed by atoms with E-state index < -0.39 is 0 Å². The van der Waals surface area contributed by atoms with E-state index in [1.165, 1.54) is 0 Å². The van der Waals surface area contributed by atoms with Crippen LogP contribution in [0.4, 0.5) is 0 Å². The van der Waals surface area contributed by atoms with E-state index in [-0.39, 0.29) is 6.61 Å². The van der Waals surface area contributed by atoms with Crippen molar-refractivity contribution in [3.63, 3.8) is 0 Å². The monoisotopic (exact) mass is 129 g/mol. The van der Waals surface area contributed by atoms with Crippen LogP contribution in [0.25, 0.3) is 0 Å². The van der Waals surface area contributed by atoms with Crippen LogP contribution in [0, 0.1) is 5.41 Å². The van der Waals surface area contributed by atoms with Crippen LogP contribution in [0.2, 0.25) is 0 Å². The molecule has 0 aromatic heterocycles. The zero-order valence-corrected chi connectivity index (χ0v) is 5.22. The Morgan fingerprint density at radius 2 is 2.56 bits per heavy atom. The molecule has 1 aliphatic rings. The molecule has 1 rings (SSSR count). The van der Waals surface area contributed by atoms with Crippen LogP contribution in [0.3, 0.4) is 0 Å². The molecular formula is C5H11N3O. The molecule has 1 heterocycles. The van der Waals surface area contributed by atoms with Crippen molar-refractivity contribution in [3.8, 4) is 0 Å². The van der Waals surface area contributed by atoms with Crippen molar-refractivity contribution in [2.45, 2.75) is 0 Å². The lowest BCUT2D eigenvalue weighted by atomic mass is 10.5. The number of aliphatic hydroxyl groups is 1. The molecule has 0 saturated carbocycles. The van der Waals surface area contributed by atoms with Gasteiger partial charge in [0.25, 0.3) is 0 Å². The lowest BCUT2D eigenvalue weighted by Crippen LogP contribution is -2.31. The molecule has 0 radical (unpaired) electrons. The average Bonchev–Trinajstić information content (AvgIpc) is 2.37. The number of nitrogens with one attached hydrogen (secondary N) is 2. The molecule has 0 aliphatic carbocycles. The Hall–Kier alpha value is -0.610. The van der Waals surface area contributed by atoms with E-state index in [1.54, 1.807) is 4.90 Å². The van der Waals surface area contributed by atoms with Crippen LogP contribution in [-0.4, -0.2) is 42.2 Å². The number of aliphatic hydroxyl groups excluding tert-OH is 1. The van der Waals surface area contributed by atoms with Gasteiger partial charge in [-0.25, -0.2) is 0 Å². The Morgan fingerprint density at radius 1 is 1.78 bits per heavy atom. The number of amidine groups is 1. The number of hydrogen-bond donors (Lipinski definition) is 3. The molecule has 0 spiro atoms. The Kier molecular flexibility index (Phi) is 2.02. The van der Waals surface area contributed by atoms with E-state index in [1.807, 2.05) is 0 Å². The smallest absolute Gasteiger partial charge is 0.123 e. The lowest BCUT2D eigenvalue weighted by Gasteiger charge is -2.14. The molecule has 0 bridgehead atoms. The first kappa shape index (κ1) is 6.51. The van der Waals surface area contributed by atoms with Gasteiger partial charge in [0, 0.05) is 13.1 Å². The summed E-state index contributed by atoms with van der Waals surface area (Å²) < 4.78 is 0. The van der Waals surface area contributed by atoms with E-state index in [2.05, 4.69) is 5.32 Å². The van der Waals surface area contributed by atoms with Crippen molar-refractivity contribution in [3.05, 3.63) is 0 Å². The highest BCUT2D eigenvalue weighted by molar-refractivity contribution is 5.80. The fraction of sp³-hybridized carbons (Fsp3) is 0.800. The Balaban J connectivity index is 2.32. The van der Waals surface area contributed by atoms with Crippen molar-refractivity contribution in [2.24, 2.45) is 0 Å². The van der Waals surface area contributed by atoms with Gasteiger partial charge in [-0.05, 0) is 0 Å². The summed E-state index contributed by atoms with van der Waals surface area (Å²) in [4.78, 5) is 1.81. The minimum atomic E-state index is -0.151. The first-order valence-corrected chi connectivity index (χ1v) is 2.98. The first-order valence-electron chi connectivity index (χ1n) is 2.98. The molecular weight excluding hydrogens is 118 g/mol. The van der Waals surface area contributed by atoms with E-state index >= 15 is 0 Å². The van der Waals surface area contributed by atoms with Crippen LogP contribution in [0.15, 0.2) is 0 Å². The molecule has 1 saturated heterocycles. The maximum atomic E-state index is 8.50. The number of hydrogen-bond acceptors (Lipinski definition) is 3. The summed E-state index contributed by atoms with van der Waals surface area (Å²) in [6, 6.07) is 0. The van der Waals surface area contributed by atoms with Gasteiger partial charge in [0.2, 0.25) is 0 Å². The molecule has 1 fully saturated rings. The normalized spacial score (nSPS) is 18.6. The van der Waals surface area contributed by atoms with E-state index in [4.69, 9.17) is 10.5 Å². The minimum Gasteiger partial charge on any atom is -0.388 e. The van der Waals surface area contributed by atoms with Crippen molar-refractivity contribution in [1.82, 2.24) is 10.2 Å². The van der Waals surface area contributed by atoms with Gasteiger partial charge in [0.1, 0.15) is 12.4 Å². The molecule has 1 aliphatic heterocycles. The van der Waals surface area contributed by atoms with Crippen LogP contribution < -0.4 is 5.32 Å². The van der Waals surface area contributed by atoms with Crippen molar-refractivity contribution < 1.29 is 5.11 Å². The molecule has 0 unspecified atom stereocenters. The second kappa shape index (κ2) is 2.80. The Labute approximate surface area is 54.0 Å². The van der Waals surface area contributed by atoms with E-state index in [0.717, 1.165) is 13.1 Å². The summed E-state index contributed by atoms with van der Waals surface area (Å²) in [5, 5.41) is 18.7. The zero-order chi connectivity index (χ0) is 6.69. The second-order valence-electron chi connectivity index (χ2n) is 2.03. The summed E-state index contributed by atoms with van der Waals surface area (Å²) in [5.41, 5.74) is 0. The molecule has 0 atom stereocenters. The van der Waals surface area contributed by atoms with Crippen LogP contribution in [-0.2, 0) is 0 Å². The maximum Gasteiger partial charge on any atom is 0.123 e. The van der Waals surface area contributed by atoms with Crippen molar-refractivity contribution >= 4 is 5.84 Å². The summed E-state index contributed by atoms with van der Waals surface area (Å²) in [7, 11) is 0.